The molecule has 0 aromatic heterocycles. The van der Waals surface area contributed by atoms with E-state index in [0.29, 0.717) is 6.54 Å². The summed E-state index contributed by atoms with van der Waals surface area (Å²) in [5, 5.41) is 5.88. The van der Waals surface area contributed by atoms with E-state index in [9.17, 15) is 9.18 Å². The molecule has 4 nitrogen and oxygen atoms in total. The number of amides is 1. The van der Waals surface area contributed by atoms with Crippen molar-refractivity contribution in [2.75, 3.05) is 26.7 Å². The fourth-order valence-electron chi connectivity index (χ4n) is 2.52. The molecule has 0 atom stereocenters. The molecule has 1 saturated heterocycles. The van der Waals surface area contributed by atoms with Crippen LogP contribution in [0.5, 0.6) is 0 Å². The van der Waals surface area contributed by atoms with Crippen LogP contribution in [0.25, 0.3) is 0 Å². The second kappa shape index (κ2) is 8.97. The van der Waals surface area contributed by atoms with Crippen molar-refractivity contribution in [1.29, 1.82) is 0 Å². The van der Waals surface area contributed by atoms with Gasteiger partial charge in [0.1, 0.15) is 5.82 Å². The van der Waals surface area contributed by atoms with E-state index in [1.54, 1.807) is 7.05 Å². The zero-order valence-corrected chi connectivity index (χ0v) is 13.1. The van der Waals surface area contributed by atoms with E-state index in [2.05, 4.69) is 15.5 Å². The number of halogens is 2. The van der Waals surface area contributed by atoms with Crippen molar-refractivity contribution in [2.24, 2.45) is 0 Å². The van der Waals surface area contributed by atoms with Gasteiger partial charge in [0.25, 0.3) is 0 Å². The van der Waals surface area contributed by atoms with Gasteiger partial charge in [-0.1, -0.05) is 12.1 Å². The smallest absolute Gasteiger partial charge is 0.234 e. The lowest BCUT2D eigenvalue weighted by molar-refractivity contribution is -0.121. The molecule has 1 amide bonds. The topological polar surface area (TPSA) is 44.4 Å². The van der Waals surface area contributed by atoms with Crippen molar-refractivity contribution in [3.8, 4) is 0 Å². The number of carbonyl (C=O) groups excluding carboxylic acids is 1. The van der Waals surface area contributed by atoms with E-state index >= 15 is 0 Å². The van der Waals surface area contributed by atoms with Gasteiger partial charge >= 0.3 is 0 Å². The molecule has 0 radical (unpaired) electrons. The highest BCUT2D eigenvalue weighted by Crippen LogP contribution is 2.14. The maximum absolute atomic E-state index is 12.8. The van der Waals surface area contributed by atoms with Crippen molar-refractivity contribution in [2.45, 2.75) is 25.4 Å². The Morgan fingerprint density at radius 2 is 1.90 bits per heavy atom. The van der Waals surface area contributed by atoms with Gasteiger partial charge in [-0.05, 0) is 37.6 Å². The van der Waals surface area contributed by atoms with Crippen LogP contribution in [0.15, 0.2) is 24.3 Å². The van der Waals surface area contributed by atoms with Crippen LogP contribution in [-0.2, 0) is 11.3 Å². The maximum atomic E-state index is 12.8. The van der Waals surface area contributed by atoms with Crippen LogP contribution in [0.3, 0.4) is 0 Å². The van der Waals surface area contributed by atoms with Gasteiger partial charge in [0, 0.05) is 25.7 Å². The van der Waals surface area contributed by atoms with E-state index in [4.69, 9.17) is 0 Å². The Balaban J connectivity index is 0.00000220. The van der Waals surface area contributed by atoms with Crippen molar-refractivity contribution >= 4 is 18.3 Å². The molecule has 1 aliphatic rings. The summed E-state index contributed by atoms with van der Waals surface area (Å²) in [6.45, 7) is 3.14. The Kier molecular flexibility index (Phi) is 7.64. The van der Waals surface area contributed by atoms with Gasteiger partial charge in [0.05, 0.1) is 6.54 Å². The number of piperidine rings is 1. The fraction of sp³-hybridized carbons (Fsp3) is 0.533. The highest BCUT2D eigenvalue weighted by Gasteiger charge is 2.20. The molecule has 0 spiro atoms. The third kappa shape index (κ3) is 5.99. The largest absolute Gasteiger partial charge is 0.352 e. The lowest BCUT2D eigenvalue weighted by atomic mass is 10.0. The van der Waals surface area contributed by atoms with E-state index in [1.165, 1.54) is 12.1 Å². The van der Waals surface area contributed by atoms with Crippen molar-refractivity contribution < 1.29 is 9.18 Å². The lowest BCUT2D eigenvalue weighted by Gasteiger charge is -2.32. The van der Waals surface area contributed by atoms with Gasteiger partial charge in [-0.3, -0.25) is 9.69 Å². The number of benzene rings is 1. The standard InChI is InChI=1S/C15H22FN3O.ClH/c1-17-10-15(20)18-14-6-8-19(9-7-14)11-12-2-4-13(16)5-3-12;/h2-5,14,17H,6-11H2,1H3,(H,18,20);1H. The zero-order valence-electron chi connectivity index (χ0n) is 12.3. The molecule has 1 aromatic rings. The number of carbonyl (C=O) groups is 1. The summed E-state index contributed by atoms with van der Waals surface area (Å²) in [5.74, 6) is -0.135. The molecule has 2 N–H and O–H groups in total. The lowest BCUT2D eigenvalue weighted by Crippen LogP contribution is -2.46. The summed E-state index contributed by atoms with van der Waals surface area (Å²) in [6, 6.07) is 6.94. The van der Waals surface area contributed by atoms with Crippen molar-refractivity contribution in [1.82, 2.24) is 15.5 Å². The first-order valence-electron chi connectivity index (χ1n) is 7.08. The Bertz CT molecular complexity index is 433. The molecule has 6 heteroatoms. The van der Waals surface area contributed by atoms with Gasteiger partial charge in [-0.25, -0.2) is 4.39 Å². The van der Waals surface area contributed by atoms with Crippen LogP contribution in [-0.4, -0.2) is 43.5 Å². The predicted octanol–water partition coefficient (Wildman–Crippen LogP) is 1.55. The molecule has 2 rings (SSSR count). The Morgan fingerprint density at radius 1 is 1.29 bits per heavy atom. The summed E-state index contributed by atoms with van der Waals surface area (Å²) in [6.07, 6.45) is 1.94. The molecule has 0 unspecified atom stereocenters. The number of hydrogen-bond acceptors (Lipinski definition) is 3. The highest BCUT2D eigenvalue weighted by atomic mass is 35.5. The minimum atomic E-state index is -0.195. The zero-order chi connectivity index (χ0) is 14.4. The Hall–Kier alpha value is -1.17. The molecule has 21 heavy (non-hydrogen) atoms. The molecule has 1 heterocycles. The second-order valence-electron chi connectivity index (χ2n) is 5.27. The third-order valence-corrected chi connectivity index (χ3v) is 3.61. The minimum Gasteiger partial charge on any atom is -0.352 e. The SMILES string of the molecule is CNCC(=O)NC1CCN(Cc2ccc(F)cc2)CC1.Cl. The Labute approximate surface area is 131 Å². The van der Waals surface area contributed by atoms with E-state index in [1.807, 2.05) is 12.1 Å². The van der Waals surface area contributed by atoms with Gasteiger partial charge in [-0.15, -0.1) is 12.4 Å². The number of hydrogen-bond donors (Lipinski definition) is 2. The number of rotatable bonds is 5. The number of nitrogens with one attached hydrogen (secondary N) is 2. The van der Waals surface area contributed by atoms with Crippen LogP contribution >= 0.6 is 12.4 Å². The second-order valence-corrected chi connectivity index (χ2v) is 5.27. The summed E-state index contributed by atoms with van der Waals surface area (Å²) in [5.41, 5.74) is 1.13. The van der Waals surface area contributed by atoms with Crippen molar-refractivity contribution in [3.05, 3.63) is 35.6 Å². The molecule has 1 fully saturated rings. The van der Waals surface area contributed by atoms with Crippen LogP contribution in [0.2, 0.25) is 0 Å². The Morgan fingerprint density at radius 3 is 2.48 bits per heavy atom. The molecule has 0 bridgehead atoms. The molecule has 1 aliphatic heterocycles. The summed E-state index contributed by atoms with van der Waals surface area (Å²) >= 11 is 0. The average molecular weight is 316 g/mol. The van der Waals surface area contributed by atoms with Crippen LogP contribution in [0, 0.1) is 5.82 Å². The van der Waals surface area contributed by atoms with Gasteiger partial charge < -0.3 is 10.6 Å². The summed E-state index contributed by atoms with van der Waals surface area (Å²) in [4.78, 5) is 13.8. The number of likely N-dealkylation sites (N-methyl/N-ethyl adjacent to an activating group) is 1. The highest BCUT2D eigenvalue weighted by molar-refractivity contribution is 5.85. The van der Waals surface area contributed by atoms with E-state index in [0.717, 1.165) is 38.0 Å². The first-order chi connectivity index (χ1) is 9.67. The molecule has 0 aliphatic carbocycles. The molecular formula is C15H23ClFN3O. The molecule has 0 saturated carbocycles. The minimum absolute atomic E-state index is 0. The quantitative estimate of drug-likeness (QED) is 0.866. The predicted molar refractivity (Wildman–Crippen MR) is 84.0 cm³/mol. The molecular weight excluding hydrogens is 293 g/mol. The van der Waals surface area contributed by atoms with E-state index < -0.39 is 0 Å². The van der Waals surface area contributed by atoms with Gasteiger partial charge in [0.2, 0.25) is 5.91 Å². The third-order valence-electron chi connectivity index (χ3n) is 3.61. The fourth-order valence-corrected chi connectivity index (χ4v) is 2.52. The van der Waals surface area contributed by atoms with Gasteiger partial charge in [0.15, 0.2) is 0 Å². The first kappa shape index (κ1) is 17.9. The van der Waals surface area contributed by atoms with Crippen LogP contribution < -0.4 is 10.6 Å². The van der Waals surface area contributed by atoms with Crippen molar-refractivity contribution in [3.63, 3.8) is 0 Å². The normalized spacial score (nSPS) is 16.3. The monoisotopic (exact) mass is 315 g/mol. The number of nitrogens with zero attached hydrogens (tertiary/aromatic N) is 1. The molecule has 118 valence electrons. The first-order valence-corrected chi connectivity index (χ1v) is 7.08. The van der Waals surface area contributed by atoms with E-state index in [-0.39, 0.29) is 30.2 Å². The summed E-state index contributed by atoms with van der Waals surface area (Å²) in [7, 11) is 1.77. The maximum Gasteiger partial charge on any atom is 0.234 e. The van der Waals surface area contributed by atoms with Gasteiger partial charge in [-0.2, -0.15) is 0 Å². The molecule has 1 aromatic carbocycles. The summed E-state index contributed by atoms with van der Waals surface area (Å²) < 4.78 is 12.8. The van der Waals surface area contributed by atoms with Crippen LogP contribution in [0.1, 0.15) is 18.4 Å². The number of likely N-dealkylation sites (tertiary alicyclic amines) is 1. The average Bonchev–Trinajstić information content (AvgIpc) is 2.44. The van der Waals surface area contributed by atoms with Crippen LogP contribution in [0.4, 0.5) is 4.39 Å².